The normalized spacial score (nSPS) is 14.7. The van der Waals surface area contributed by atoms with E-state index >= 15 is 0 Å². The van der Waals surface area contributed by atoms with Gasteiger partial charge in [-0.1, -0.05) is 24.3 Å². The number of halogens is 1. The third-order valence-electron chi connectivity index (χ3n) is 4.67. The van der Waals surface area contributed by atoms with Gasteiger partial charge in [-0.05, 0) is 54.6 Å². The summed E-state index contributed by atoms with van der Waals surface area (Å²) in [5.41, 5.74) is 1.64. The number of rotatable bonds is 5. The fourth-order valence-corrected chi connectivity index (χ4v) is 4.11. The lowest BCUT2D eigenvalue weighted by molar-refractivity contribution is 0.103. The van der Waals surface area contributed by atoms with Gasteiger partial charge >= 0.3 is 0 Å². The van der Waals surface area contributed by atoms with Gasteiger partial charge in [-0.15, -0.1) is 0 Å². The van der Waals surface area contributed by atoms with Crippen molar-refractivity contribution in [2.24, 2.45) is 4.40 Å². The highest BCUT2D eigenvalue weighted by molar-refractivity contribution is 7.90. The highest BCUT2D eigenvalue weighted by atomic mass is 32.2. The van der Waals surface area contributed by atoms with Gasteiger partial charge in [-0.25, -0.2) is 4.39 Å². The van der Waals surface area contributed by atoms with Gasteiger partial charge in [0.15, 0.2) is 0 Å². The van der Waals surface area contributed by atoms with Crippen molar-refractivity contribution < 1.29 is 22.3 Å². The van der Waals surface area contributed by atoms with Crippen LogP contribution in [0.4, 0.5) is 10.1 Å². The van der Waals surface area contributed by atoms with Gasteiger partial charge in [-0.2, -0.15) is 12.8 Å². The molecule has 6 nitrogen and oxygen atoms in total. The number of ether oxygens (including phenoxy) is 1. The van der Waals surface area contributed by atoms with Crippen LogP contribution < -0.4 is 10.1 Å². The van der Waals surface area contributed by atoms with E-state index in [0.717, 1.165) is 24.3 Å². The summed E-state index contributed by atoms with van der Waals surface area (Å²) in [5, 5.41) is 3.02. The zero-order valence-corrected chi connectivity index (χ0v) is 17.2. The highest BCUT2D eigenvalue weighted by Gasteiger charge is 2.26. The fourth-order valence-electron chi connectivity index (χ4n) is 3.12. The molecule has 0 heterocycles. The van der Waals surface area contributed by atoms with Gasteiger partial charge < -0.3 is 10.1 Å². The van der Waals surface area contributed by atoms with E-state index < -0.39 is 15.8 Å². The molecule has 3 aromatic carbocycles. The molecule has 1 N–H and O–H groups in total. The zero-order chi connectivity index (χ0) is 22.0. The van der Waals surface area contributed by atoms with E-state index in [1.807, 2.05) is 0 Å². The molecule has 0 aliphatic heterocycles. The van der Waals surface area contributed by atoms with E-state index in [0.29, 0.717) is 22.6 Å². The molecule has 0 atom stereocenters. The molecule has 1 aliphatic rings. The van der Waals surface area contributed by atoms with Crippen LogP contribution in [0.3, 0.4) is 0 Å². The van der Waals surface area contributed by atoms with E-state index in [1.165, 1.54) is 6.08 Å². The first-order valence-corrected chi connectivity index (χ1v) is 10.7. The summed E-state index contributed by atoms with van der Waals surface area (Å²) in [5.74, 6) is -0.178. The summed E-state index contributed by atoms with van der Waals surface area (Å²) >= 11 is 0. The number of ketones is 1. The van der Waals surface area contributed by atoms with Crippen LogP contribution in [0.5, 0.6) is 5.75 Å². The van der Waals surface area contributed by atoms with E-state index in [-0.39, 0.29) is 22.1 Å². The lowest BCUT2D eigenvalue weighted by atomic mass is 9.92. The first-order valence-electron chi connectivity index (χ1n) is 9.25. The third kappa shape index (κ3) is 4.24. The zero-order valence-electron chi connectivity index (χ0n) is 16.4. The van der Waals surface area contributed by atoms with Crippen LogP contribution in [0, 0.1) is 5.82 Å². The Morgan fingerprint density at radius 2 is 1.55 bits per heavy atom. The average Bonchev–Trinajstić information content (AvgIpc) is 2.77. The number of sulfonamides is 1. The maximum Gasteiger partial charge on any atom is 0.282 e. The van der Waals surface area contributed by atoms with E-state index in [2.05, 4.69) is 9.71 Å². The molecule has 0 spiro atoms. The number of benzene rings is 3. The van der Waals surface area contributed by atoms with Crippen molar-refractivity contribution in [2.75, 3.05) is 12.4 Å². The number of hydrogen-bond donors (Lipinski definition) is 1. The van der Waals surface area contributed by atoms with Crippen molar-refractivity contribution in [3.63, 3.8) is 0 Å². The topological polar surface area (TPSA) is 84.8 Å². The lowest BCUT2D eigenvalue weighted by Gasteiger charge is -2.19. The standard InChI is InChI=1S/C23H17FN2O4S/c1-30-17-10-8-16(9-11-17)25-22-14-21(19-4-2-3-5-20(19)23(22)27)26-31(28,29)18-12-6-15(24)7-13-18/h2-14,25H,1H3/b26-21-. The molecule has 3 aromatic rings. The summed E-state index contributed by atoms with van der Waals surface area (Å²) in [6.07, 6.45) is 1.40. The van der Waals surface area contributed by atoms with Crippen molar-refractivity contribution >= 4 is 27.2 Å². The van der Waals surface area contributed by atoms with Gasteiger partial charge in [0.2, 0.25) is 5.78 Å². The molecule has 156 valence electrons. The van der Waals surface area contributed by atoms with Gasteiger partial charge in [-0.3, -0.25) is 4.79 Å². The second kappa shape index (κ2) is 8.16. The smallest absolute Gasteiger partial charge is 0.282 e. The summed E-state index contributed by atoms with van der Waals surface area (Å²) in [6, 6.07) is 18.0. The number of anilines is 1. The van der Waals surface area contributed by atoms with Crippen LogP contribution in [-0.4, -0.2) is 27.0 Å². The number of nitrogens with zero attached hydrogens (tertiary/aromatic N) is 1. The van der Waals surface area contributed by atoms with Crippen molar-refractivity contribution in [3.8, 4) is 5.75 Å². The Labute approximate surface area is 178 Å². The molecule has 0 bridgehead atoms. The van der Waals surface area contributed by atoms with Gasteiger partial charge in [0.05, 0.1) is 23.4 Å². The molecule has 31 heavy (non-hydrogen) atoms. The highest BCUT2D eigenvalue weighted by Crippen LogP contribution is 2.26. The minimum Gasteiger partial charge on any atom is -0.497 e. The van der Waals surface area contributed by atoms with Crippen LogP contribution in [-0.2, 0) is 10.0 Å². The molecule has 0 fully saturated rings. The van der Waals surface area contributed by atoms with Crippen molar-refractivity contribution in [1.82, 2.24) is 0 Å². The van der Waals surface area contributed by atoms with Crippen LogP contribution in [0.15, 0.2) is 93.9 Å². The number of nitrogens with one attached hydrogen (secondary N) is 1. The second-order valence-corrected chi connectivity index (χ2v) is 8.30. The lowest BCUT2D eigenvalue weighted by Crippen LogP contribution is -2.22. The third-order valence-corrected chi connectivity index (χ3v) is 5.98. The SMILES string of the molecule is COc1ccc(NC2=C/C(=N/S(=O)(=O)c3ccc(F)cc3)c3ccccc3C2=O)cc1. The average molecular weight is 436 g/mol. The van der Waals surface area contributed by atoms with Crippen LogP contribution >= 0.6 is 0 Å². The first kappa shape index (κ1) is 20.5. The molecule has 0 saturated carbocycles. The van der Waals surface area contributed by atoms with Gasteiger partial charge in [0, 0.05) is 16.8 Å². The van der Waals surface area contributed by atoms with Crippen LogP contribution in [0.2, 0.25) is 0 Å². The van der Waals surface area contributed by atoms with E-state index in [4.69, 9.17) is 4.74 Å². The van der Waals surface area contributed by atoms with Gasteiger partial charge in [0.25, 0.3) is 10.0 Å². The molecule has 0 amide bonds. The molecule has 1 aliphatic carbocycles. The molecule has 8 heteroatoms. The predicted octanol–water partition coefficient (Wildman–Crippen LogP) is 4.20. The molecule has 0 saturated heterocycles. The van der Waals surface area contributed by atoms with Crippen molar-refractivity contribution in [2.45, 2.75) is 4.90 Å². The molecule has 4 rings (SSSR count). The minimum absolute atomic E-state index is 0.107. The number of fused-ring (bicyclic) bond motifs is 1. The number of allylic oxidation sites excluding steroid dienone is 2. The molecular weight excluding hydrogens is 419 g/mol. The van der Waals surface area contributed by atoms with Gasteiger partial charge in [0.1, 0.15) is 11.6 Å². The van der Waals surface area contributed by atoms with Crippen molar-refractivity contribution in [3.05, 3.63) is 102 Å². The fraction of sp³-hybridized carbons (Fsp3) is 0.0435. The maximum atomic E-state index is 13.2. The second-order valence-electron chi connectivity index (χ2n) is 6.69. The molecule has 0 unspecified atom stereocenters. The Morgan fingerprint density at radius 1 is 0.903 bits per heavy atom. The monoisotopic (exact) mass is 436 g/mol. The van der Waals surface area contributed by atoms with Crippen molar-refractivity contribution in [1.29, 1.82) is 0 Å². The quantitative estimate of drug-likeness (QED) is 0.648. The first-order chi connectivity index (χ1) is 14.9. The maximum absolute atomic E-state index is 13.2. The largest absolute Gasteiger partial charge is 0.497 e. The molecule has 0 radical (unpaired) electrons. The number of carbonyl (C=O) groups is 1. The minimum atomic E-state index is -4.12. The Bertz CT molecular complexity index is 1310. The van der Waals surface area contributed by atoms with Crippen LogP contribution in [0.1, 0.15) is 15.9 Å². The molecular formula is C23H17FN2O4S. The number of carbonyl (C=O) groups excluding carboxylic acids is 1. The summed E-state index contributed by atoms with van der Waals surface area (Å²) in [7, 11) is -2.57. The Hall–Kier alpha value is -3.78. The Balaban J connectivity index is 1.77. The van der Waals surface area contributed by atoms with E-state index in [1.54, 1.807) is 55.6 Å². The summed E-state index contributed by atoms with van der Waals surface area (Å²) in [4.78, 5) is 12.8. The van der Waals surface area contributed by atoms with E-state index in [9.17, 15) is 17.6 Å². The summed E-state index contributed by atoms with van der Waals surface area (Å²) in [6.45, 7) is 0. The predicted molar refractivity (Wildman–Crippen MR) is 116 cm³/mol. The number of Topliss-reactive ketones (excluding diaryl/α,β-unsaturated/α-hetero) is 1. The summed E-state index contributed by atoms with van der Waals surface area (Å²) < 4.78 is 47.8. The van der Waals surface area contributed by atoms with Crippen LogP contribution in [0.25, 0.3) is 0 Å². The molecule has 0 aromatic heterocycles. The Morgan fingerprint density at radius 3 is 2.19 bits per heavy atom. The number of methoxy groups -OCH3 is 1. The number of hydrogen-bond acceptors (Lipinski definition) is 5. The Kier molecular flexibility index (Phi) is 5.39.